The predicted octanol–water partition coefficient (Wildman–Crippen LogP) is 2.73. The first-order valence-electron chi connectivity index (χ1n) is 7.99. The average molecular weight is 282 g/mol. The molecule has 0 aliphatic carbocycles. The van der Waals surface area contributed by atoms with Gasteiger partial charge >= 0.3 is 51.4 Å². The number of hydrogen-bond donors (Lipinski definition) is 0. The van der Waals surface area contributed by atoms with Crippen LogP contribution in [0, 0.1) is 0 Å². The van der Waals surface area contributed by atoms with Crippen LogP contribution in [-0.4, -0.2) is 13.2 Å². The third-order valence-electron chi connectivity index (χ3n) is 3.28. The van der Waals surface area contributed by atoms with Crippen LogP contribution in [0.15, 0.2) is 0 Å². The van der Waals surface area contributed by atoms with Gasteiger partial charge in [-0.2, -0.15) is 0 Å². The summed E-state index contributed by atoms with van der Waals surface area (Å²) in [7, 11) is 0. The molecule has 0 aliphatic rings. The molecule has 0 unspecified atom stereocenters. The van der Waals surface area contributed by atoms with Crippen LogP contribution in [0.2, 0.25) is 0 Å². The molecule has 0 saturated heterocycles. The fraction of sp³-hybridized carbons (Fsp3) is 1.00. The zero-order valence-corrected chi connectivity index (χ0v) is 16.4. The molecule has 0 aromatic rings. The summed E-state index contributed by atoms with van der Waals surface area (Å²) in [5.41, 5.74) is 0. The van der Waals surface area contributed by atoms with Gasteiger partial charge in [-0.25, -0.2) is 0 Å². The van der Waals surface area contributed by atoms with Crippen LogP contribution in [0.5, 0.6) is 0 Å². The van der Waals surface area contributed by atoms with Crippen molar-refractivity contribution in [3.05, 3.63) is 0 Å². The summed E-state index contributed by atoms with van der Waals surface area (Å²) in [6.45, 7) is 6.51. The van der Waals surface area contributed by atoms with E-state index in [9.17, 15) is 0 Å². The maximum atomic E-state index is 5.65. The molecule has 0 amide bonds. The number of ether oxygens (including phenoxy) is 1. The fourth-order valence-electron chi connectivity index (χ4n) is 2.07. The first-order chi connectivity index (χ1) is 8.41. The van der Waals surface area contributed by atoms with Crippen LogP contribution < -0.4 is 51.4 Å². The Kier molecular flexibility index (Phi) is 25.4. The molecule has 104 valence electrons. The molecule has 0 aliphatic heterocycles. The molecule has 18 heavy (non-hydrogen) atoms. The van der Waals surface area contributed by atoms with Gasteiger partial charge in [0.2, 0.25) is 0 Å². The predicted molar refractivity (Wildman–Crippen MR) is 77.6 cm³/mol. The molecule has 0 N–H and O–H groups in total. The quantitative estimate of drug-likeness (QED) is 0.351. The van der Waals surface area contributed by atoms with E-state index >= 15 is 0 Å². The summed E-state index contributed by atoms with van der Waals surface area (Å²) in [4.78, 5) is 0. The molecule has 0 aromatic carbocycles. The molecular weight excluding hydrogens is 247 g/mol. The molecule has 0 bridgehead atoms. The summed E-state index contributed by atoms with van der Waals surface area (Å²) in [6, 6.07) is 0. The minimum atomic E-state index is 0. The Morgan fingerprint density at radius 3 is 1.22 bits per heavy atom. The summed E-state index contributed by atoms with van der Waals surface area (Å²) >= 11 is 0. The van der Waals surface area contributed by atoms with E-state index in [1.54, 1.807) is 0 Å². The second-order valence-corrected chi connectivity index (χ2v) is 5.15. The van der Waals surface area contributed by atoms with Crippen molar-refractivity contribution in [2.45, 2.75) is 90.9 Å². The Morgan fingerprint density at radius 2 is 0.833 bits per heavy atom. The van der Waals surface area contributed by atoms with Gasteiger partial charge in [0.1, 0.15) is 0 Å². The van der Waals surface area contributed by atoms with E-state index in [-0.39, 0.29) is 51.4 Å². The van der Waals surface area contributed by atoms with Gasteiger partial charge in [0.25, 0.3) is 0 Å². The zero-order chi connectivity index (χ0) is 12.6. The molecule has 0 saturated carbocycles. The molecule has 0 radical (unpaired) electrons. The first-order valence-corrected chi connectivity index (χ1v) is 7.99. The molecular formula is C16H34KO+. The van der Waals surface area contributed by atoms with Crippen molar-refractivity contribution in [1.29, 1.82) is 0 Å². The SMILES string of the molecule is CCCCCCCCOCCCCCCCC.[K+]. The molecule has 1 nitrogen and oxygen atoms in total. The second kappa shape index (κ2) is 20.9. The van der Waals surface area contributed by atoms with Crippen molar-refractivity contribution >= 4 is 0 Å². The summed E-state index contributed by atoms with van der Waals surface area (Å²) < 4.78 is 5.65. The van der Waals surface area contributed by atoms with Gasteiger partial charge in [-0.05, 0) is 12.8 Å². The molecule has 0 aromatic heterocycles. The maximum Gasteiger partial charge on any atom is 1.00 e. The van der Waals surface area contributed by atoms with Crippen LogP contribution in [-0.2, 0) is 4.74 Å². The topological polar surface area (TPSA) is 9.23 Å². The monoisotopic (exact) mass is 281 g/mol. The van der Waals surface area contributed by atoms with Gasteiger partial charge in [-0.1, -0.05) is 78.1 Å². The van der Waals surface area contributed by atoms with Crippen LogP contribution in [0.4, 0.5) is 0 Å². The number of unbranched alkanes of at least 4 members (excludes halogenated alkanes) is 10. The van der Waals surface area contributed by atoms with E-state index in [1.807, 2.05) is 0 Å². The Morgan fingerprint density at radius 1 is 0.500 bits per heavy atom. The number of rotatable bonds is 14. The minimum absolute atomic E-state index is 0. The van der Waals surface area contributed by atoms with Crippen molar-refractivity contribution < 1.29 is 56.1 Å². The summed E-state index contributed by atoms with van der Waals surface area (Å²) in [5.74, 6) is 0. The average Bonchev–Trinajstić information content (AvgIpc) is 2.35. The van der Waals surface area contributed by atoms with Gasteiger partial charge in [0.15, 0.2) is 0 Å². The van der Waals surface area contributed by atoms with E-state index in [1.165, 1.54) is 77.0 Å². The molecule has 0 rings (SSSR count). The van der Waals surface area contributed by atoms with Crippen molar-refractivity contribution in [3.63, 3.8) is 0 Å². The summed E-state index contributed by atoms with van der Waals surface area (Å²) in [5, 5.41) is 0. The van der Waals surface area contributed by atoms with Crippen molar-refractivity contribution in [2.75, 3.05) is 13.2 Å². The van der Waals surface area contributed by atoms with Gasteiger partial charge in [0, 0.05) is 13.2 Å². The molecule has 0 spiro atoms. The van der Waals surface area contributed by atoms with Crippen molar-refractivity contribution in [2.24, 2.45) is 0 Å². The second-order valence-electron chi connectivity index (χ2n) is 5.15. The van der Waals surface area contributed by atoms with Gasteiger partial charge in [-0.3, -0.25) is 0 Å². The van der Waals surface area contributed by atoms with E-state index in [2.05, 4.69) is 13.8 Å². The molecule has 0 heterocycles. The molecule has 0 atom stereocenters. The van der Waals surface area contributed by atoms with Gasteiger partial charge in [0.05, 0.1) is 0 Å². The Labute approximate surface area is 158 Å². The Bertz CT molecular complexity index is 114. The first kappa shape index (κ1) is 21.9. The van der Waals surface area contributed by atoms with Crippen LogP contribution in [0.3, 0.4) is 0 Å². The minimum Gasteiger partial charge on any atom is -0.381 e. The van der Waals surface area contributed by atoms with E-state index in [0.29, 0.717) is 0 Å². The Balaban J connectivity index is 0. The largest absolute Gasteiger partial charge is 1.00 e. The van der Waals surface area contributed by atoms with Crippen molar-refractivity contribution in [3.8, 4) is 0 Å². The van der Waals surface area contributed by atoms with E-state index < -0.39 is 0 Å². The van der Waals surface area contributed by atoms with E-state index in [0.717, 1.165) is 13.2 Å². The van der Waals surface area contributed by atoms with Crippen LogP contribution >= 0.6 is 0 Å². The molecule has 2 heteroatoms. The van der Waals surface area contributed by atoms with Gasteiger partial charge < -0.3 is 4.74 Å². The Hall–Kier alpha value is 1.60. The third kappa shape index (κ3) is 19.9. The normalized spacial score (nSPS) is 10.3. The summed E-state index contributed by atoms with van der Waals surface area (Å²) in [6.07, 6.45) is 16.3. The van der Waals surface area contributed by atoms with Gasteiger partial charge in [-0.15, -0.1) is 0 Å². The van der Waals surface area contributed by atoms with Crippen LogP contribution in [0.25, 0.3) is 0 Å². The van der Waals surface area contributed by atoms with E-state index in [4.69, 9.17) is 4.74 Å². The standard InChI is InChI=1S/C16H34O.K/c1-3-5-7-9-11-13-15-17-16-14-12-10-8-6-4-2;/h3-16H2,1-2H3;/q;+1. The van der Waals surface area contributed by atoms with Crippen LogP contribution in [0.1, 0.15) is 90.9 Å². The third-order valence-corrected chi connectivity index (χ3v) is 3.28. The number of hydrogen-bond acceptors (Lipinski definition) is 1. The van der Waals surface area contributed by atoms with Crippen molar-refractivity contribution in [1.82, 2.24) is 0 Å². The zero-order valence-electron chi connectivity index (χ0n) is 13.3. The molecule has 0 fully saturated rings. The maximum absolute atomic E-state index is 5.65. The fourth-order valence-corrected chi connectivity index (χ4v) is 2.07. The smallest absolute Gasteiger partial charge is 0.381 e.